The van der Waals surface area contributed by atoms with E-state index in [9.17, 15) is 14.4 Å². The zero-order valence-electron chi connectivity index (χ0n) is 16.2. The summed E-state index contributed by atoms with van der Waals surface area (Å²) < 4.78 is 5.77. The summed E-state index contributed by atoms with van der Waals surface area (Å²) in [6.45, 7) is 3.93. The van der Waals surface area contributed by atoms with Gasteiger partial charge in [0.2, 0.25) is 0 Å². The van der Waals surface area contributed by atoms with Crippen LogP contribution in [0.3, 0.4) is 0 Å². The van der Waals surface area contributed by atoms with E-state index in [-0.39, 0.29) is 18.2 Å². The third-order valence-electron chi connectivity index (χ3n) is 4.08. The highest BCUT2D eigenvalue weighted by Gasteiger charge is 2.14. The van der Waals surface area contributed by atoms with Gasteiger partial charge in [0.05, 0.1) is 11.8 Å². The number of carbonyl (C=O) groups is 3. The molecule has 0 fully saturated rings. The van der Waals surface area contributed by atoms with Crippen molar-refractivity contribution in [2.45, 2.75) is 32.9 Å². The number of ether oxygens (including phenoxy) is 1. The van der Waals surface area contributed by atoms with Gasteiger partial charge >= 0.3 is 17.8 Å². The second-order valence-corrected chi connectivity index (χ2v) is 6.31. The molecule has 0 heterocycles. The fourth-order valence-electron chi connectivity index (χ4n) is 2.23. The van der Waals surface area contributed by atoms with Crippen molar-refractivity contribution in [3.05, 3.63) is 65.2 Å². The standard InChI is InChI=1S/C21H23N3O5/c1-3-14(2)23-19(25)20(26)24-22-12-17-6-4-5-7-18(17)29-13-15-8-10-16(11-9-15)21(27)28/h4-12,14H,3,13H2,1-2H3,(H,23,25)(H,24,26)(H,27,28)/b22-12-/t14-/m1/s1. The topological polar surface area (TPSA) is 117 Å². The van der Waals surface area contributed by atoms with Gasteiger partial charge in [-0.25, -0.2) is 10.2 Å². The summed E-state index contributed by atoms with van der Waals surface area (Å²) in [5.41, 5.74) is 3.80. The van der Waals surface area contributed by atoms with Gasteiger partial charge in [0.1, 0.15) is 12.4 Å². The van der Waals surface area contributed by atoms with Crippen molar-refractivity contribution in [3.63, 3.8) is 0 Å². The molecule has 0 bridgehead atoms. The molecule has 2 rings (SSSR count). The number of carboxylic acid groups (broad SMARTS) is 1. The quantitative estimate of drug-likeness (QED) is 0.359. The predicted molar refractivity (Wildman–Crippen MR) is 108 cm³/mol. The first-order chi connectivity index (χ1) is 13.9. The number of carboxylic acids is 1. The molecule has 2 aromatic carbocycles. The van der Waals surface area contributed by atoms with Gasteiger partial charge in [-0.2, -0.15) is 5.10 Å². The average Bonchev–Trinajstić information content (AvgIpc) is 2.73. The van der Waals surface area contributed by atoms with Crippen LogP contribution < -0.4 is 15.5 Å². The van der Waals surface area contributed by atoms with Crippen LogP contribution >= 0.6 is 0 Å². The molecule has 29 heavy (non-hydrogen) atoms. The summed E-state index contributed by atoms with van der Waals surface area (Å²) in [7, 11) is 0. The van der Waals surface area contributed by atoms with E-state index in [0.717, 1.165) is 5.56 Å². The van der Waals surface area contributed by atoms with Crippen molar-refractivity contribution in [1.29, 1.82) is 0 Å². The number of carbonyl (C=O) groups excluding carboxylic acids is 2. The summed E-state index contributed by atoms with van der Waals surface area (Å²) in [6, 6.07) is 13.3. The molecule has 152 valence electrons. The lowest BCUT2D eigenvalue weighted by Gasteiger charge is -2.10. The molecule has 2 amide bonds. The molecule has 2 aromatic rings. The summed E-state index contributed by atoms with van der Waals surface area (Å²) in [4.78, 5) is 34.3. The van der Waals surface area contributed by atoms with Crippen LogP contribution in [0.1, 0.15) is 41.8 Å². The summed E-state index contributed by atoms with van der Waals surface area (Å²) in [5.74, 6) is -2.06. The number of nitrogens with zero attached hydrogens (tertiary/aromatic N) is 1. The van der Waals surface area contributed by atoms with Crippen LogP contribution in [0.15, 0.2) is 53.6 Å². The van der Waals surface area contributed by atoms with Crippen molar-refractivity contribution in [1.82, 2.24) is 10.7 Å². The lowest BCUT2D eigenvalue weighted by molar-refractivity contribution is -0.139. The second-order valence-electron chi connectivity index (χ2n) is 6.31. The van der Waals surface area contributed by atoms with Gasteiger partial charge in [0, 0.05) is 11.6 Å². The number of rotatable bonds is 8. The largest absolute Gasteiger partial charge is 0.488 e. The van der Waals surface area contributed by atoms with Crippen LogP contribution in [-0.4, -0.2) is 35.1 Å². The molecule has 8 heteroatoms. The molecular weight excluding hydrogens is 374 g/mol. The molecule has 0 aliphatic heterocycles. The number of para-hydroxylation sites is 1. The Morgan fingerprint density at radius 3 is 2.45 bits per heavy atom. The molecule has 0 saturated carbocycles. The number of hydrogen-bond donors (Lipinski definition) is 3. The number of hydrogen-bond acceptors (Lipinski definition) is 5. The Kier molecular flexibility index (Phi) is 7.90. The molecule has 0 saturated heterocycles. The zero-order chi connectivity index (χ0) is 21.2. The normalized spacial score (nSPS) is 11.7. The fourth-order valence-corrected chi connectivity index (χ4v) is 2.23. The molecule has 0 unspecified atom stereocenters. The number of amides is 2. The maximum absolute atomic E-state index is 11.7. The van der Waals surface area contributed by atoms with Gasteiger partial charge in [-0.15, -0.1) is 0 Å². The van der Waals surface area contributed by atoms with E-state index in [1.807, 2.05) is 6.92 Å². The minimum absolute atomic E-state index is 0.101. The van der Waals surface area contributed by atoms with Gasteiger partial charge in [-0.3, -0.25) is 9.59 Å². The van der Waals surface area contributed by atoms with E-state index in [1.54, 1.807) is 43.3 Å². The van der Waals surface area contributed by atoms with Crippen LogP contribution in [0.5, 0.6) is 5.75 Å². The lowest BCUT2D eigenvalue weighted by Crippen LogP contribution is -2.41. The Morgan fingerprint density at radius 2 is 1.79 bits per heavy atom. The van der Waals surface area contributed by atoms with E-state index < -0.39 is 17.8 Å². The van der Waals surface area contributed by atoms with Gasteiger partial charge in [-0.05, 0) is 43.2 Å². The highest BCUT2D eigenvalue weighted by atomic mass is 16.5. The maximum Gasteiger partial charge on any atom is 0.335 e. The number of hydrazone groups is 1. The van der Waals surface area contributed by atoms with Gasteiger partial charge in [0.25, 0.3) is 0 Å². The molecule has 0 aliphatic carbocycles. The van der Waals surface area contributed by atoms with Crippen molar-refractivity contribution in [2.75, 3.05) is 0 Å². The molecule has 0 radical (unpaired) electrons. The highest BCUT2D eigenvalue weighted by molar-refractivity contribution is 6.35. The SMILES string of the molecule is CC[C@@H](C)NC(=O)C(=O)N/N=C\c1ccccc1OCc1ccc(C(=O)O)cc1. The molecule has 0 spiro atoms. The Bertz CT molecular complexity index is 893. The first kappa shape index (κ1) is 21.6. The summed E-state index contributed by atoms with van der Waals surface area (Å²) in [5, 5.41) is 15.3. The Morgan fingerprint density at radius 1 is 1.10 bits per heavy atom. The smallest absolute Gasteiger partial charge is 0.335 e. The molecule has 8 nitrogen and oxygen atoms in total. The average molecular weight is 397 g/mol. The Hall–Kier alpha value is -3.68. The van der Waals surface area contributed by atoms with Gasteiger partial charge in [0.15, 0.2) is 0 Å². The highest BCUT2D eigenvalue weighted by Crippen LogP contribution is 2.18. The van der Waals surface area contributed by atoms with Crippen LogP contribution in [0.2, 0.25) is 0 Å². The van der Waals surface area contributed by atoms with Gasteiger partial charge in [-0.1, -0.05) is 31.2 Å². The first-order valence-electron chi connectivity index (χ1n) is 9.08. The monoisotopic (exact) mass is 397 g/mol. The Labute approximate surface area is 168 Å². The predicted octanol–water partition coefficient (Wildman–Crippen LogP) is 2.33. The van der Waals surface area contributed by atoms with E-state index in [2.05, 4.69) is 15.8 Å². The van der Waals surface area contributed by atoms with Crippen molar-refractivity contribution in [2.24, 2.45) is 5.10 Å². The van der Waals surface area contributed by atoms with Crippen LogP contribution in [-0.2, 0) is 16.2 Å². The minimum atomic E-state index is -0.987. The summed E-state index contributed by atoms with van der Waals surface area (Å²) in [6.07, 6.45) is 2.10. The Balaban J connectivity index is 1.95. The van der Waals surface area contributed by atoms with Crippen molar-refractivity contribution >= 4 is 24.0 Å². The van der Waals surface area contributed by atoms with E-state index in [4.69, 9.17) is 9.84 Å². The fraction of sp³-hybridized carbons (Fsp3) is 0.238. The second kappa shape index (κ2) is 10.6. The minimum Gasteiger partial charge on any atom is -0.488 e. The van der Waals surface area contributed by atoms with Crippen LogP contribution in [0.25, 0.3) is 0 Å². The third kappa shape index (κ3) is 6.76. The number of aromatic carboxylic acids is 1. The molecule has 0 aromatic heterocycles. The summed E-state index contributed by atoms with van der Waals surface area (Å²) >= 11 is 0. The number of benzene rings is 2. The van der Waals surface area contributed by atoms with Crippen molar-refractivity contribution < 1.29 is 24.2 Å². The molecule has 3 N–H and O–H groups in total. The lowest BCUT2D eigenvalue weighted by atomic mass is 10.1. The van der Waals surface area contributed by atoms with E-state index in [1.165, 1.54) is 18.3 Å². The molecule has 1 atom stereocenters. The molecular formula is C21H23N3O5. The van der Waals surface area contributed by atoms with Crippen molar-refractivity contribution in [3.8, 4) is 5.75 Å². The van der Waals surface area contributed by atoms with Crippen LogP contribution in [0, 0.1) is 0 Å². The van der Waals surface area contributed by atoms with E-state index >= 15 is 0 Å². The zero-order valence-corrected chi connectivity index (χ0v) is 16.2. The third-order valence-corrected chi connectivity index (χ3v) is 4.08. The maximum atomic E-state index is 11.7. The van der Waals surface area contributed by atoms with Crippen LogP contribution in [0.4, 0.5) is 0 Å². The number of nitrogens with one attached hydrogen (secondary N) is 2. The first-order valence-corrected chi connectivity index (χ1v) is 9.08. The van der Waals surface area contributed by atoms with Gasteiger partial charge < -0.3 is 15.2 Å². The van der Waals surface area contributed by atoms with E-state index in [0.29, 0.717) is 17.7 Å². The molecule has 0 aliphatic rings.